The zero-order valence-electron chi connectivity index (χ0n) is 10.6. The molecule has 4 rings (SSSR count). The van der Waals surface area contributed by atoms with Gasteiger partial charge >= 0.3 is 0 Å². The Bertz CT molecular complexity index is 684. The largest absolute Gasteiger partial charge is 0.481 e. The van der Waals surface area contributed by atoms with E-state index >= 15 is 0 Å². The Morgan fingerprint density at radius 1 is 1.37 bits per heavy atom. The second-order valence-corrected chi connectivity index (χ2v) is 5.27. The number of ketones is 1. The molecule has 0 fully saturated rings. The number of allylic oxidation sites excluding steroid dienone is 1. The summed E-state index contributed by atoms with van der Waals surface area (Å²) in [6, 6.07) is 6.00. The second-order valence-electron chi connectivity index (χ2n) is 5.27. The summed E-state index contributed by atoms with van der Waals surface area (Å²) >= 11 is 0. The molecule has 0 radical (unpaired) electrons. The fourth-order valence-corrected chi connectivity index (χ4v) is 3.49. The summed E-state index contributed by atoms with van der Waals surface area (Å²) in [4.78, 5) is 16.5. The Morgan fingerprint density at radius 3 is 3.16 bits per heavy atom. The van der Waals surface area contributed by atoms with Gasteiger partial charge in [-0.15, -0.1) is 0 Å². The van der Waals surface area contributed by atoms with Gasteiger partial charge in [0.2, 0.25) is 0 Å². The molecule has 1 aromatic rings. The highest BCUT2D eigenvalue weighted by molar-refractivity contribution is 6.00. The van der Waals surface area contributed by atoms with Crippen LogP contribution in [-0.2, 0) is 10.2 Å². The number of nitrogens with zero attached hydrogens (tertiary/aromatic N) is 1. The molecule has 0 aromatic heterocycles. The van der Waals surface area contributed by atoms with E-state index in [0.717, 1.165) is 23.3 Å². The lowest BCUT2D eigenvalue weighted by molar-refractivity contribution is -0.122. The van der Waals surface area contributed by atoms with Crippen LogP contribution in [0.5, 0.6) is 5.75 Å². The lowest BCUT2D eigenvalue weighted by Gasteiger charge is -2.37. The van der Waals surface area contributed by atoms with Crippen LogP contribution in [0.2, 0.25) is 0 Å². The van der Waals surface area contributed by atoms with Gasteiger partial charge in [0.05, 0.1) is 5.41 Å². The summed E-state index contributed by atoms with van der Waals surface area (Å²) in [6.07, 6.45) is 7.51. The fourth-order valence-electron chi connectivity index (χ4n) is 3.49. The smallest absolute Gasteiger partial charge is 0.197 e. The quantitative estimate of drug-likeness (QED) is 0.710. The van der Waals surface area contributed by atoms with Gasteiger partial charge in [0, 0.05) is 24.4 Å². The van der Waals surface area contributed by atoms with Gasteiger partial charge in [0.25, 0.3) is 0 Å². The van der Waals surface area contributed by atoms with Crippen molar-refractivity contribution >= 4 is 12.0 Å². The van der Waals surface area contributed by atoms with Crippen LogP contribution in [0.1, 0.15) is 17.5 Å². The molecule has 3 heteroatoms. The van der Waals surface area contributed by atoms with Crippen LogP contribution in [0.25, 0.3) is 0 Å². The first-order chi connectivity index (χ1) is 9.23. The number of rotatable bonds is 0. The first-order valence-electron chi connectivity index (χ1n) is 6.44. The van der Waals surface area contributed by atoms with Crippen LogP contribution in [-0.4, -0.2) is 18.1 Å². The molecule has 1 aliphatic carbocycles. The number of carbonyl (C=O) groups excluding carboxylic acids is 1. The van der Waals surface area contributed by atoms with E-state index in [1.54, 1.807) is 6.08 Å². The lowest BCUT2D eigenvalue weighted by Crippen LogP contribution is -2.47. The summed E-state index contributed by atoms with van der Waals surface area (Å²) in [5, 5.41) is 0. The van der Waals surface area contributed by atoms with Crippen LogP contribution >= 0.6 is 0 Å². The van der Waals surface area contributed by atoms with Crippen molar-refractivity contribution in [1.82, 2.24) is 0 Å². The summed E-state index contributed by atoms with van der Waals surface area (Å²) in [5.41, 5.74) is 3.03. The predicted molar refractivity (Wildman–Crippen MR) is 72.6 cm³/mol. The van der Waals surface area contributed by atoms with Crippen molar-refractivity contribution in [3.8, 4) is 5.75 Å². The third-order valence-electron chi connectivity index (χ3n) is 4.31. The van der Waals surface area contributed by atoms with Gasteiger partial charge < -0.3 is 4.74 Å². The first-order valence-corrected chi connectivity index (χ1v) is 6.44. The number of hydrogen-bond donors (Lipinski definition) is 0. The van der Waals surface area contributed by atoms with Gasteiger partial charge in [-0.2, -0.15) is 0 Å². The molecular weight excluding hydrogens is 238 g/mol. The zero-order chi connectivity index (χ0) is 13.0. The van der Waals surface area contributed by atoms with Gasteiger partial charge in [0.15, 0.2) is 11.9 Å². The van der Waals surface area contributed by atoms with Crippen LogP contribution in [0, 0.1) is 6.92 Å². The normalized spacial score (nSPS) is 30.3. The third-order valence-corrected chi connectivity index (χ3v) is 4.31. The maximum atomic E-state index is 12.2. The number of benzene rings is 1. The van der Waals surface area contributed by atoms with Crippen LogP contribution in [0.15, 0.2) is 47.1 Å². The van der Waals surface area contributed by atoms with Crippen molar-refractivity contribution in [1.29, 1.82) is 0 Å². The average Bonchev–Trinajstić information content (AvgIpc) is 2.75. The Hall–Kier alpha value is -2.16. The van der Waals surface area contributed by atoms with E-state index in [2.05, 4.69) is 18.0 Å². The van der Waals surface area contributed by atoms with E-state index < -0.39 is 6.10 Å². The molecule has 0 saturated heterocycles. The second kappa shape index (κ2) is 3.44. The average molecular weight is 251 g/mol. The van der Waals surface area contributed by atoms with Gasteiger partial charge in [-0.05, 0) is 30.2 Å². The Morgan fingerprint density at radius 2 is 2.26 bits per heavy atom. The summed E-state index contributed by atoms with van der Waals surface area (Å²) in [6.45, 7) is 2.07. The first kappa shape index (κ1) is 10.7. The standard InChI is InChI=1S/C16H13NO2/c1-10-3-2-4-13-14(10)16-7-8-17-9-11(16)5-6-12(18)15(16)19-13/h2-6,8-9,15H,7H2,1H3. The summed E-state index contributed by atoms with van der Waals surface area (Å²) in [5.74, 6) is 0.881. The molecule has 2 unspecified atom stereocenters. The van der Waals surface area contributed by atoms with Crippen molar-refractivity contribution in [3.63, 3.8) is 0 Å². The molecule has 0 bridgehead atoms. The van der Waals surface area contributed by atoms with Crippen molar-refractivity contribution in [2.45, 2.75) is 24.9 Å². The topological polar surface area (TPSA) is 38.7 Å². The molecular formula is C16H13NO2. The lowest BCUT2D eigenvalue weighted by atomic mass is 9.64. The predicted octanol–water partition coefficient (Wildman–Crippen LogP) is 2.49. The Kier molecular flexibility index (Phi) is 1.94. The third kappa shape index (κ3) is 1.17. The maximum Gasteiger partial charge on any atom is 0.197 e. The summed E-state index contributed by atoms with van der Waals surface area (Å²) < 4.78 is 5.96. The highest BCUT2D eigenvalue weighted by Gasteiger charge is 2.56. The minimum Gasteiger partial charge on any atom is -0.481 e. The number of fused-ring (bicyclic) bond motifs is 1. The van der Waals surface area contributed by atoms with E-state index in [9.17, 15) is 4.79 Å². The van der Waals surface area contributed by atoms with E-state index in [0.29, 0.717) is 0 Å². The van der Waals surface area contributed by atoms with Gasteiger partial charge in [0.1, 0.15) is 5.75 Å². The molecule has 3 nitrogen and oxygen atoms in total. The number of hydrogen-bond acceptors (Lipinski definition) is 3. The van der Waals surface area contributed by atoms with Crippen LogP contribution < -0.4 is 4.74 Å². The maximum absolute atomic E-state index is 12.2. The molecule has 94 valence electrons. The van der Waals surface area contributed by atoms with Crippen LogP contribution in [0.4, 0.5) is 0 Å². The number of aryl methyl sites for hydroxylation is 1. The fraction of sp³-hybridized carbons (Fsp3) is 0.250. The Labute approximate surface area is 111 Å². The minimum atomic E-state index is -0.438. The molecule has 0 saturated carbocycles. The monoisotopic (exact) mass is 251 g/mol. The number of ether oxygens (including phenoxy) is 1. The van der Waals surface area contributed by atoms with E-state index in [-0.39, 0.29) is 11.2 Å². The molecule has 0 amide bonds. The molecule has 0 N–H and O–H groups in total. The van der Waals surface area contributed by atoms with Gasteiger partial charge in [-0.3, -0.25) is 9.79 Å². The molecule has 2 atom stereocenters. The van der Waals surface area contributed by atoms with Gasteiger partial charge in [-0.1, -0.05) is 18.2 Å². The molecule has 1 spiro atoms. The SMILES string of the molecule is Cc1cccc2c1C13CC=NC=C1C=CC(=O)C3O2. The number of aliphatic imine (C=N–C) groups is 1. The van der Waals surface area contributed by atoms with E-state index in [4.69, 9.17) is 4.74 Å². The van der Waals surface area contributed by atoms with Crippen molar-refractivity contribution in [2.75, 3.05) is 0 Å². The zero-order valence-corrected chi connectivity index (χ0v) is 10.6. The molecule has 19 heavy (non-hydrogen) atoms. The van der Waals surface area contributed by atoms with Crippen molar-refractivity contribution in [2.24, 2.45) is 4.99 Å². The number of carbonyl (C=O) groups is 1. The highest BCUT2D eigenvalue weighted by Crippen LogP contribution is 2.53. The van der Waals surface area contributed by atoms with Crippen molar-refractivity contribution < 1.29 is 9.53 Å². The van der Waals surface area contributed by atoms with Crippen LogP contribution in [0.3, 0.4) is 0 Å². The molecule has 3 aliphatic rings. The Balaban J connectivity index is 2.06. The van der Waals surface area contributed by atoms with Gasteiger partial charge in [-0.25, -0.2) is 0 Å². The van der Waals surface area contributed by atoms with E-state index in [1.165, 1.54) is 5.56 Å². The summed E-state index contributed by atoms with van der Waals surface area (Å²) in [7, 11) is 0. The molecule has 2 heterocycles. The molecule has 2 aliphatic heterocycles. The molecule has 1 aromatic carbocycles. The van der Waals surface area contributed by atoms with E-state index in [1.807, 2.05) is 30.6 Å². The highest BCUT2D eigenvalue weighted by atomic mass is 16.5. The minimum absolute atomic E-state index is 0.0445. The van der Waals surface area contributed by atoms with Crippen molar-refractivity contribution in [3.05, 3.63) is 53.3 Å².